The lowest BCUT2D eigenvalue weighted by molar-refractivity contribution is -0.151. The predicted octanol–water partition coefficient (Wildman–Crippen LogP) is 2.22. The summed E-state index contributed by atoms with van der Waals surface area (Å²) in [4.78, 5) is 26.5. The van der Waals surface area contributed by atoms with Crippen molar-refractivity contribution in [3.05, 3.63) is 33.9 Å². The molecule has 8 nitrogen and oxygen atoms in total. The van der Waals surface area contributed by atoms with Crippen molar-refractivity contribution in [3.8, 4) is 11.5 Å². The maximum absolute atomic E-state index is 12.5. The molecule has 1 atom stereocenters. The van der Waals surface area contributed by atoms with E-state index in [0.29, 0.717) is 50.5 Å². The largest absolute Gasteiger partial charge is 0.507 e. The molecule has 164 valence electrons. The van der Waals surface area contributed by atoms with Crippen LogP contribution in [0.15, 0.2) is 11.6 Å². The highest BCUT2D eigenvalue weighted by Crippen LogP contribution is 2.41. The lowest BCUT2D eigenvalue weighted by Crippen LogP contribution is -2.48. The van der Waals surface area contributed by atoms with Gasteiger partial charge in [-0.25, -0.2) is 4.79 Å². The van der Waals surface area contributed by atoms with Crippen LogP contribution < -0.4 is 0 Å². The van der Waals surface area contributed by atoms with Crippen LogP contribution in [0.1, 0.15) is 47.3 Å². The number of allylic oxidation sites excluding steroid dienone is 1. The summed E-state index contributed by atoms with van der Waals surface area (Å²) in [5, 5.41) is 21.1. The van der Waals surface area contributed by atoms with Crippen molar-refractivity contribution in [1.82, 2.24) is 4.90 Å². The second-order valence-electron chi connectivity index (χ2n) is 7.61. The zero-order valence-corrected chi connectivity index (χ0v) is 17.7. The number of benzene rings is 1. The third-order valence-electron chi connectivity index (χ3n) is 5.68. The number of carbonyl (C=O) groups is 2. The quantitative estimate of drug-likeness (QED) is 0.512. The summed E-state index contributed by atoms with van der Waals surface area (Å²) in [6, 6.07) is -0.413. The third-order valence-corrected chi connectivity index (χ3v) is 5.68. The van der Waals surface area contributed by atoms with Crippen LogP contribution in [0, 0.1) is 6.92 Å². The first kappa shape index (κ1) is 22.1. The van der Waals surface area contributed by atoms with Crippen LogP contribution in [-0.4, -0.2) is 66.0 Å². The van der Waals surface area contributed by atoms with E-state index < -0.39 is 12.0 Å². The molecule has 0 bridgehead atoms. The Morgan fingerprint density at radius 3 is 2.63 bits per heavy atom. The summed E-state index contributed by atoms with van der Waals surface area (Å²) >= 11 is 0. The number of rotatable bonds is 7. The molecule has 0 aliphatic carbocycles. The second-order valence-corrected chi connectivity index (χ2v) is 7.61. The van der Waals surface area contributed by atoms with Crippen LogP contribution in [0.25, 0.3) is 0 Å². The van der Waals surface area contributed by atoms with Gasteiger partial charge in [0.05, 0.1) is 19.8 Å². The van der Waals surface area contributed by atoms with E-state index in [1.54, 1.807) is 13.8 Å². The van der Waals surface area contributed by atoms with Crippen molar-refractivity contribution in [2.24, 2.45) is 0 Å². The van der Waals surface area contributed by atoms with Gasteiger partial charge in [-0.05, 0) is 39.2 Å². The smallest absolute Gasteiger partial charge is 0.342 e. The van der Waals surface area contributed by atoms with Gasteiger partial charge < -0.3 is 24.4 Å². The lowest BCUT2D eigenvalue weighted by atomic mass is 9.94. The molecule has 0 aromatic heterocycles. The second kappa shape index (κ2) is 9.49. The first-order chi connectivity index (χ1) is 14.3. The number of nitrogens with zero attached hydrogens (tertiary/aromatic N) is 1. The molecule has 0 amide bonds. The summed E-state index contributed by atoms with van der Waals surface area (Å²) in [7, 11) is 0. The van der Waals surface area contributed by atoms with E-state index in [4.69, 9.17) is 14.2 Å². The topological polar surface area (TPSA) is 106 Å². The summed E-state index contributed by atoms with van der Waals surface area (Å²) in [6.45, 7) is 8.21. The summed E-state index contributed by atoms with van der Waals surface area (Å²) in [5.41, 5.74) is 2.38. The van der Waals surface area contributed by atoms with E-state index in [1.807, 2.05) is 13.0 Å². The maximum atomic E-state index is 12.5. The van der Waals surface area contributed by atoms with Gasteiger partial charge in [-0.15, -0.1) is 0 Å². The highest BCUT2D eigenvalue weighted by atomic mass is 16.5. The fourth-order valence-electron chi connectivity index (χ4n) is 3.92. The minimum atomic E-state index is -0.581. The van der Waals surface area contributed by atoms with Gasteiger partial charge in [0, 0.05) is 24.2 Å². The average molecular weight is 419 g/mol. The molecule has 8 heteroatoms. The number of carbonyl (C=O) groups excluding carboxylic acids is 2. The highest BCUT2D eigenvalue weighted by molar-refractivity contribution is 5.98. The number of phenols is 2. The first-order valence-electron chi connectivity index (χ1n) is 10.2. The zero-order valence-electron chi connectivity index (χ0n) is 17.7. The average Bonchev–Trinajstić information content (AvgIpc) is 3.13. The Morgan fingerprint density at radius 1 is 1.27 bits per heavy atom. The molecule has 2 aliphatic heterocycles. The maximum Gasteiger partial charge on any atom is 0.342 e. The van der Waals surface area contributed by atoms with E-state index in [1.165, 1.54) is 0 Å². The summed E-state index contributed by atoms with van der Waals surface area (Å²) in [6.07, 6.45) is 2.55. The monoisotopic (exact) mass is 419 g/mol. The molecule has 2 heterocycles. The SMILES string of the molecule is CCOC(=O)C(C/C(C)=C/Cc1c(O)c(C)c2c(c1O)C(=O)OC2)N1CCOCC1. The van der Waals surface area contributed by atoms with Crippen molar-refractivity contribution < 1.29 is 34.0 Å². The van der Waals surface area contributed by atoms with Crippen LogP contribution in [0.4, 0.5) is 0 Å². The lowest BCUT2D eigenvalue weighted by Gasteiger charge is -2.33. The standard InChI is InChI=1S/C22H29NO7/c1-4-29-21(26)17(23-7-9-28-10-8-23)11-13(2)5-6-15-19(24)14(3)16-12-30-22(27)18(16)20(15)25/h5,17,24-25H,4,6-12H2,1-3H3/b13-5+. The zero-order chi connectivity index (χ0) is 21.8. The van der Waals surface area contributed by atoms with Crippen LogP contribution >= 0.6 is 0 Å². The number of esters is 2. The third kappa shape index (κ3) is 4.44. The molecular weight excluding hydrogens is 390 g/mol. The number of ether oxygens (including phenoxy) is 3. The first-order valence-corrected chi connectivity index (χ1v) is 10.2. The normalized spacial score (nSPS) is 18.1. The minimum absolute atomic E-state index is 0.0382. The number of fused-ring (bicyclic) bond motifs is 1. The van der Waals surface area contributed by atoms with E-state index in [0.717, 1.165) is 5.57 Å². The Hall–Kier alpha value is -2.58. The number of morpholine rings is 1. The van der Waals surface area contributed by atoms with Gasteiger partial charge >= 0.3 is 11.9 Å². The number of aromatic hydroxyl groups is 2. The Bertz CT molecular complexity index is 856. The van der Waals surface area contributed by atoms with Crippen molar-refractivity contribution in [2.45, 2.75) is 46.3 Å². The summed E-state index contributed by atoms with van der Waals surface area (Å²) in [5.74, 6) is -1.13. The minimum Gasteiger partial charge on any atom is -0.507 e. The van der Waals surface area contributed by atoms with Crippen molar-refractivity contribution in [1.29, 1.82) is 0 Å². The Balaban J connectivity index is 1.80. The van der Waals surface area contributed by atoms with Gasteiger partial charge in [-0.2, -0.15) is 0 Å². The molecule has 0 spiro atoms. The summed E-state index contributed by atoms with van der Waals surface area (Å²) < 4.78 is 15.6. The molecule has 0 radical (unpaired) electrons. The number of hydrogen-bond donors (Lipinski definition) is 2. The Kier molecular flexibility index (Phi) is 6.99. The number of phenolic OH excluding ortho intramolecular Hbond substituents is 2. The van der Waals surface area contributed by atoms with Crippen molar-refractivity contribution in [3.63, 3.8) is 0 Å². The molecular formula is C22H29NO7. The van der Waals surface area contributed by atoms with Gasteiger partial charge in [0.15, 0.2) is 0 Å². The molecule has 2 aliphatic rings. The van der Waals surface area contributed by atoms with E-state index >= 15 is 0 Å². The van der Waals surface area contributed by atoms with Gasteiger partial charge in [-0.1, -0.05) is 11.6 Å². The molecule has 1 saturated heterocycles. The fraction of sp³-hybridized carbons (Fsp3) is 0.545. The number of cyclic esters (lactones) is 1. The molecule has 1 aromatic carbocycles. The molecule has 1 unspecified atom stereocenters. The Labute approximate surface area is 176 Å². The van der Waals surface area contributed by atoms with Gasteiger partial charge in [0.25, 0.3) is 0 Å². The molecule has 2 N–H and O–H groups in total. The number of hydrogen-bond acceptors (Lipinski definition) is 8. The van der Waals surface area contributed by atoms with Crippen LogP contribution in [0.5, 0.6) is 11.5 Å². The molecule has 0 saturated carbocycles. The van der Waals surface area contributed by atoms with Gasteiger partial charge in [0.2, 0.25) is 0 Å². The van der Waals surface area contributed by atoms with Gasteiger partial charge in [-0.3, -0.25) is 9.69 Å². The molecule has 3 rings (SSSR count). The molecule has 30 heavy (non-hydrogen) atoms. The van der Waals surface area contributed by atoms with E-state index in [9.17, 15) is 19.8 Å². The molecule has 1 fully saturated rings. The van der Waals surface area contributed by atoms with E-state index in [-0.39, 0.29) is 41.6 Å². The van der Waals surface area contributed by atoms with Crippen molar-refractivity contribution >= 4 is 11.9 Å². The van der Waals surface area contributed by atoms with Crippen LogP contribution in [0.2, 0.25) is 0 Å². The van der Waals surface area contributed by atoms with Crippen LogP contribution in [0.3, 0.4) is 0 Å². The Morgan fingerprint density at radius 2 is 1.97 bits per heavy atom. The molecule has 1 aromatic rings. The highest BCUT2D eigenvalue weighted by Gasteiger charge is 2.32. The fourth-order valence-corrected chi connectivity index (χ4v) is 3.92. The van der Waals surface area contributed by atoms with Crippen molar-refractivity contribution in [2.75, 3.05) is 32.9 Å². The van der Waals surface area contributed by atoms with Gasteiger partial charge in [0.1, 0.15) is 29.7 Å². The predicted molar refractivity (Wildman–Crippen MR) is 109 cm³/mol. The van der Waals surface area contributed by atoms with E-state index in [2.05, 4.69) is 4.90 Å². The van der Waals surface area contributed by atoms with Crippen LogP contribution in [-0.2, 0) is 32.0 Å².